The predicted octanol–water partition coefficient (Wildman–Crippen LogP) is 3.25. The number of unbranched alkanes of at least 4 members (excludes halogenated alkanes) is 1. The van der Waals surface area contributed by atoms with Gasteiger partial charge in [-0.1, -0.05) is 30.3 Å². The first-order chi connectivity index (χ1) is 12.7. The van der Waals surface area contributed by atoms with Gasteiger partial charge in [-0.2, -0.15) is 0 Å². The molecular formula is C21H33N3O2. The maximum atomic E-state index is 11.1. The van der Waals surface area contributed by atoms with Crippen molar-refractivity contribution in [3.8, 4) is 0 Å². The predicted molar refractivity (Wildman–Crippen MR) is 106 cm³/mol. The third-order valence-corrected chi connectivity index (χ3v) is 4.89. The fourth-order valence-electron chi connectivity index (χ4n) is 3.39. The lowest BCUT2D eigenvalue weighted by Crippen LogP contribution is -2.46. The van der Waals surface area contributed by atoms with E-state index in [1.807, 2.05) is 0 Å². The Hall–Kier alpha value is -2.04. The minimum Gasteiger partial charge on any atom is -0.469 e. The second-order valence-electron chi connectivity index (χ2n) is 6.89. The molecule has 1 aliphatic heterocycles. The number of carbonyl (C=O) groups excluding carboxylic acids is 1. The molecule has 0 bridgehead atoms. The highest BCUT2D eigenvalue weighted by molar-refractivity contribution is 5.80. The molecule has 1 aliphatic rings. The van der Waals surface area contributed by atoms with Crippen LogP contribution < -0.4 is 5.32 Å². The Morgan fingerprint density at radius 3 is 2.62 bits per heavy atom. The summed E-state index contributed by atoms with van der Waals surface area (Å²) >= 11 is 0. The molecule has 2 rings (SSSR count). The van der Waals surface area contributed by atoms with E-state index in [9.17, 15) is 4.79 Å². The Bertz CT molecular complexity index is 552. The van der Waals surface area contributed by atoms with E-state index < -0.39 is 0 Å². The molecule has 1 N–H and O–H groups in total. The van der Waals surface area contributed by atoms with Gasteiger partial charge in [0, 0.05) is 32.6 Å². The van der Waals surface area contributed by atoms with Gasteiger partial charge >= 0.3 is 5.97 Å². The van der Waals surface area contributed by atoms with Crippen LogP contribution in [0, 0.1) is 5.92 Å². The second-order valence-corrected chi connectivity index (χ2v) is 6.89. The van der Waals surface area contributed by atoms with Crippen LogP contribution >= 0.6 is 0 Å². The fourth-order valence-corrected chi connectivity index (χ4v) is 3.39. The molecule has 26 heavy (non-hydrogen) atoms. The van der Waals surface area contributed by atoms with Crippen molar-refractivity contribution < 1.29 is 9.53 Å². The number of methoxy groups -OCH3 is 1. The summed E-state index contributed by atoms with van der Waals surface area (Å²) in [5, 5.41) is 3.41. The normalized spacial score (nSPS) is 15.8. The van der Waals surface area contributed by atoms with E-state index in [-0.39, 0.29) is 5.97 Å². The molecule has 0 unspecified atom stereocenters. The molecule has 1 heterocycles. The molecule has 0 saturated carbocycles. The molecule has 0 aliphatic carbocycles. The Morgan fingerprint density at radius 1 is 1.23 bits per heavy atom. The van der Waals surface area contributed by atoms with Crippen LogP contribution in [0.2, 0.25) is 0 Å². The van der Waals surface area contributed by atoms with Gasteiger partial charge in [-0.15, -0.1) is 0 Å². The van der Waals surface area contributed by atoms with Gasteiger partial charge in [0.05, 0.1) is 7.11 Å². The van der Waals surface area contributed by atoms with E-state index in [0.29, 0.717) is 6.42 Å². The maximum Gasteiger partial charge on any atom is 0.305 e. The number of nitrogens with one attached hydrogen (secondary N) is 1. The average Bonchev–Trinajstić information content (AvgIpc) is 2.68. The molecule has 1 aromatic carbocycles. The summed E-state index contributed by atoms with van der Waals surface area (Å²) in [5.41, 5.74) is 1.44. The summed E-state index contributed by atoms with van der Waals surface area (Å²) < 4.78 is 4.67. The van der Waals surface area contributed by atoms with E-state index >= 15 is 0 Å². The number of benzene rings is 1. The highest BCUT2D eigenvalue weighted by atomic mass is 16.5. The zero-order valence-electron chi connectivity index (χ0n) is 16.2. The number of nitrogens with zero attached hydrogens (tertiary/aromatic N) is 2. The number of esters is 1. The van der Waals surface area contributed by atoms with E-state index in [1.165, 1.54) is 31.9 Å². The Balaban J connectivity index is 1.75. The molecule has 0 amide bonds. The number of likely N-dealkylation sites (tertiary alicyclic amines) is 1. The van der Waals surface area contributed by atoms with Gasteiger partial charge in [-0.3, -0.25) is 9.79 Å². The summed E-state index contributed by atoms with van der Waals surface area (Å²) in [4.78, 5) is 18.3. The number of piperidine rings is 1. The van der Waals surface area contributed by atoms with E-state index in [1.54, 1.807) is 0 Å². The van der Waals surface area contributed by atoms with Crippen molar-refractivity contribution in [2.45, 2.75) is 45.4 Å². The second kappa shape index (κ2) is 11.6. The number of ether oxygens (including phenoxy) is 1. The van der Waals surface area contributed by atoms with Crippen molar-refractivity contribution >= 4 is 11.9 Å². The van der Waals surface area contributed by atoms with Gasteiger partial charge in [0.25, 0.3) is 0 Å². The van der Waals surface area contributed by atoms with Gasteiger partial charge in [0.2, 0.25) is 0 Å². The van der Waals surface area contributed by atoms with Crippen molar-refractivity contribution in [2.24, 2.45) is 10.9 Å². The lowest BCUT2D eigenvalue weighted by molar-refractivity contribution is -0.140. The topological polar surface area (TPSA) is 53.9 Å². The van der Waals surface area contributed by atoms with Gasteiger partial charge < -0.3 is 15.0 Å². The van der Waals surface area contributed by atoms with E-state index in [4.69, 9.17) is 4.99 Å². The van der Waals surface area contributed by atoms with Crippen molar-refractivity contribution in [3.05, 3.63) is 35.9 Å². The van der Waals surface area contributed by atoms with Gasteiger partial charge in [-0.25, -0.2) is 0 Å². The first kappa shape index (κ1) is 20.3. The molecule has 5 nitrogen and oxygen atoms in total. The highest BCUT2D eigenvalue weighted by Crippen LogP contribution is 2.21. The molecule has 0 spiro atoms. The number of rotatable bonds is 8. The molecule has 1 fully saturated rings. The number of carbonyl (C=O) groups is 1. The van der Waals surface area contributed by atoms with Crippen LogP contribution in [-0.4, -0.2) is 50.1 Å². The van der Waals surface area contributed by atoms with Gasteiger partial charge in [-0.05, 0) is 50.5 Å². The minimum atomic E-state index is -0.138. The van der Waals surface area contributed by atoms with Crippen LogP contribution in [-0.2, 0) is 16.0 Å². The van der Waals surface area contributed by atoms with Crippen LogP contribution in [0.1, 0.15) is 44.6 Å². The molecule has 0 atom stereocenters. The molecule has 1 saturated heterocycles. The Morgan fingerprint density at radius 2 is 1.96 bits per heavy atom. The third-order valence-electron chi connectivity index (χ3n) is 4.89. The lowest BCUT2D eigenvalue weighted by Gasteiger charge is -2.34. The van der Waals surface area contributed by atoms with Crippen molar-refractivity contribution in [2.75, 3.05) is 33.3 Å². The smallest absolute Gasteiger partial charge is 0.305 e. The molecule has 5 heteroatoms. The largest absolute Gasteiger partial charge is 0.469 e. The first-order valence-electron chi connectivity index (χ1n) is 9.87. The fraction of sp³-hybridized carbons (Fsp3) is 0.619. The summed E-state index contributed by atoms with van der Waals surface area (Å²) in [5.74, 6) is 1.64. The summed E-state index contributed by atoms with van der Waals surface area (Å²) in [6.07, 6.45) is 5.82. The van der Waals surface area contributed by atoms with Gasteiger partial charge in [0.1, 0.15) is 0 Å². The Kier molecular flexibility index (Phi) is 9.01. The SMILES string of the molecule is CCNC(=NCCCCC(=O)OC)N1CCC(Cc2ccccc2)CC1. The summed E-state index contributed by atoms with van der Waals surface area (Å²) in [6, 6.07) is 10.8. The number of guanidine groups is 1. The monoisotopic (exact) mass is 359 g/mol. The standard InChI is InChI=1S/C21H33N3O2/c1-3-22-21(23-14-8-7-11-20(25)26-2)24-15-12-19(13-16-24)17-18-9-5-4-6-10-18/h4-6,9-10,19H,3,7-8,11-17H2,1-2H3,(H,22,23). The molecule has 1 aromatic rings. The van der Waals surface area contributed by atoms with E-state index in [2.05, 4.69) is 52.2 Å². The number of aliphatic imine (C=N–C) groups is 1. The molecule has 0 radical (unpaired) electrons. The quantitative estimate of drug-likeness (QED) is 0.335. The maximum absolute atomic E-state index is 11.1. The number of hydrogen-bond acceptors (Lipinski definition) is 3. The average molecular weight is 360 g/mol. The number of hydrogen-bond donors (Lipinski definition) is 1. The van der Waals surface area contributed by atoms with Crippen molar-refractivity contribution in [1.29, 1.82) is 0 Å². The molecule has 0 aromatic heterocycles. The Labute approximate surface area is 157 Å². The molecular weight excluding hydrogens is 326 g/mol. The summed E-state index contributed by atoms with van der Waals surface area (Å²) in [6.45, 7) is 5.86. The highest BCUT2D eigenvalue weighted by Gasteiger charge is 2.21. The van der Waals surface area contributed by atoms with Crippen LogP contribution in [0.3, 0.4) is 0 Å². The minimum absolute atomic E-state index is 0.138. The zero-order chi connectivity index (χ0) is 18.6. The third kappa shape index (κ3) is 7.06. The zero-order valence-corrected chi connectivity index (χ0v) is 16.2. The summed E-state index contributed by atoms with van der Waals surface area (Å²) in [7, 11) is 1.44. The van der Waals surface area contributed by atoms with Gasteiger partial charge in [0.15, 0.2) is 5.96 Å². The van der Waals surface area contributed by atoms with Crippen LogP contribution in [0.5, 0.6) is 0 Å². The van der Waals surface area contributed by atoms with Crippen LogP contribution in [0.25, 0.3) is 0 Å². The first-order valence-corrected chi connectivity index (χ1v) is 9.87. The van der Waals surface area contributed by atoms with Crippen molar-refractivity contribution in [1.82, 2.24) is 10.2 Å². The lowest BCUT2D eigenvalue weighted by atomic mass is 9.90. The molecule has 144 valence electrons. The van der Waals surface area contributed by atoms with Crippen molar-refractivity contribution in [3.63, 3.8) is 0 Å². The van der Waals surface area contributed by atoms with E-state index in [0.717, 1.165) is 50.9 Å². The van der Waals surface area contributed by atoms with Crippen LogP contribution in [0.15, 0.2) is 35.3 Å². The van der Waals surface area contributed by atoms with Crippen LogP contribution in [0.4, 0.5) is 0 Å².